The number of hydrogen-bond acceptors (Lipinski definition) is 6. The molecule has 0 aliphatic heterocycles. The SMILES string of the molecule is COCCCOCCOCc1nc(C)cc(N)n1. The molecule has 0 aliphatic rings. The van der Waals surface area contributed by atoms with E-state index < -0.39 is 0 Å². The number of nitrogen functional groups attached to an aromatic ring is 1. The molecule has 1 rings (SSSR count). The minimum atomic E-state index is 0.354. The molecule has 102 valence electrons. The fourth-order valence-electron chi connectivity index (χ4n) is 1.41. The zero-order valence-electron chi connectivity index (χ0n) is 11.0. The Morgan fingerprint density at radius 2 is 1.89 bits per heavy atom. The van der Waals surface area contributed by atoms with Gasteiger partial charge in [0, 0.05) is 32.1 Å². The molecule has 0 fully saturated rings. The molecule has 18 heavy (non-hydrogen) atoms. The van der Waals surface area contributed by atoms with Gasteiger partial charge in [-0.3, -0.25) is 0 Å². The van der Waals surface area contributed by atoms with E-state index in [1.807, 2.05) is 6.92 Å². The fraction of sp³-hybridized carbons (Fsp3) is 0.667. The zero-order valence-corrected chi connectivity index (χ0v) is 11.0. The van der Waals surface area contributed by atoms with E-state index in [0.29, 0.717) is 38.1 Å². The van der Waals surface area contributed by atoms with Crippen LogP contribution in [-0.2, 0) is 20.8 Å². The predicted octanol–water partition coefficient (Wildman–Crippen LogP) is 0.937. The topological polar surface area (TPSA) is 79.5 Å². The van der Waals surface area contributed by atoms with Gasteiger partial charge in [0.25, 0.3) is 0 Å². The van der Waals surface area contributed by atoms with E-state index in [1.54, 1.807) is 13.2 Å². The third-order valence-corrected chi connectivity index (χ3v) is 2.16. The van der Waals surface area contributed by atoms with E-state index >= 15 is 0 Å². The molecule has 0 saturated carbocycles. The van der Waals surface area contributed by atoms with Crippen molar-refractivity contribution in [3.05, 3.63) is 17.6 Å². The molecule has 1 heterocycles. The molecular formula is C12H21N3O3. The number of aromatic nitrogens is 2. The van der Waals surface area contributed by atoms with Crippen molar-refractivity contribution in [3.63, 3.8) is 0 Å². The molecule has 0 amide bonds. The summed E-state index contributed by atoms with van der Waals surface area (Å²) < 4.78 is 15.7. The first kappa shape index (κ1) is 14.8. The Labute approximate surface area is 107 Å². The van der Waals surface area contributed by atoms with Crippen LogP contribution in [0.15, 0.2) is 6.07 Å². The standard InChI is InChI=1S/C12H21N3O3/c1-10-8-11(13)15-12(14-10)9-18-7-6-17-5-3-4-16-2/h8H,3-7,9H2,1-2H3,(H2,13,14,15). The maximum absolute atomic E-state index is 5.61. The average Bonchev–Trinajstić information content (AvgIpc) is 2.31. The van der Waals surface area contributed by atoms with Crippen LogP contribution in [0, 0.1) is 6.92 Å². The highest BCUT2D eigenvalue weighted by Gasteiger charge is 2.00. The molecule has 0 aliphatic carbocycles. The molecular weight excluding hydrogens is 234 g/mol. The molecule has 0 unspecified atom stereocenters. The predicted molar refractivity (Wildman–Crippen MR) is 68.1 cm³/mol. The van der Waals surface area contributed by atoms with Gasteiger partial charge >= 0.3 is 0 Å². The lowest BCUT2D eigenvalue weighted by molar-refractivity contribution is 0.0317. The summed E-state index contributed by atoms with van der Waals surface area (Å²) in [5.41, 5.74) is 6.46. The van der Waals surface area contributed by atoms with Gasteiger partial charge in [0.15, 0.2) is 5.82 Å². The van der Waals surface area contributed by atoms with Crippen LogP contribution >= 0.6 is 0 Å². The van der Waals surface area contributed by atoms with Gasteiger partial charge in [0.05, 0.1) is 13.2 Å². The van der Waals surface area contributed by atoms with Gasteiger partial charge in [-0.2, -0.15) is 0 Å². The van der Waals surface area contributed by atoms with Gasteiger partial charge in [0.2, 0.25) is 0 Å². The average molecular weight is 255 g/mol. The zero-order chi connectivity index (χ0) is 13.2. The smallest absolute Gasteiger partial charge is 0.156 e. The number of methoxy groups -OCH3 is 1. The van der Waals surface area contributed by atoms with E-state index in [2.05, 4.69) is 9.97 Å². The first-order chi connectivity index (χ1) is 8.72. The van der Waals surface area contributed by atoms with Gasteiger partial charge in [-0.15, -0.1) is 0 Å². The number of hydrogen-bond donors (Lipinski definition) is 1. The number of nitrogens with zero attached hydrogens (tertiary/aromatic N) is 2. The lowest BCUT2D eigenvalue weighted by atomic mass is 10.4. The van der Waals surface area contributed by atoms with Crippen LogP contribution in [0.5, 0.6) is 0 Å². The number of rotatable bonds is 9. The van der Waals surface area contributed by atoms with Crippen molar-refractivity contribution in [1.29, 1.82) is 0 Å². The van der Waals surface area contributed by atoms with Gasteiger partial charge in [-0.25, -0.2) is 9.97 Å². The molecule has 0 radical (unpaired) electrons. The largest absolute Gasteiger partial charge is 0.385 e. The van der Waals surface area contributed by atoms with Crippen LogP contribution in [0.1, 0.15) is 17.9 Å². The van der Waals surface area contributed by atoms with Crippen molar-refractivity contribution in [2.75, 3.05) is 39.3 Å². The third-order valence-electron chi connectivity index (χ3n) is 2.16. The summed E-state index contributed by atoms with van der Waals surface area (Å²) >= 11 is 0. The van der Waals surface area contributed by atoms with Gasteiger partial charge in [-0.05, 0) is 13.3 Å². The lowest BCUT2D eigenvalue weighted by Gasteiger charge is -2.06. The van der Waals surface area contributed by atoms with E-state index in [4.69, 9.17) is 19.9 Å². The molecule has 0 spiro atoms. The van der Waals surface area contributed by atoms with Gasteiger partial charge < -0.3 is 19.9 Å². The Balaban J connectivity index is 2.07. The van der Waals surface area contributed by atoms with Crippen LogP contribution in [-0.4, -0.2) is 43.5 Å². The van der Waals surface area contributed by atoms with Crippen molar-refractivity contribution in [3.8, 4) is 0 Å². The number of nitrogens with two attached hydrogens (primary N) is 1. The number of ether oxygens (including phenoxy) is 3. The van der Waals surface area contributed by atoms with E-state index in [9.17, 15) is 0 Å². The van der Waals surface area contributed by atoms with Crippen LogP contribution in [0.25, 0.3) is 0 Å². The van der Waals surface area contributed by atoms with E-state index in [0.717, 1.165) is 18.7 Å². The molecule has 0 atom stereocenters. The Hall–Kier alpha value is -1.24. The van der Waals surface area contributed by atoms with Crippen LogP contribution in [0.2, 0.25) is 0 Å². The third kappa shape index (κ3) is 6.48. The Kier molecular flexibility index (Phi) is 7.24. The van der Waals surface area contributed by atoms with Gasteiger partial charge in [0.1, 0.15) is 12.4 Å². The second-order valence-electron chi connectivity index (χ2n) is 3.86. The highest BCUT2D eigenvalue weighted by molar-refractivity contribution is 5.28. The number of anilines is 1. The van der Waals surface area contributed by atoms with Gasteiger partial charge in [-0.1, -0.05) is 0 Å². The van der Waals surface area contributed by atoms with Crippen molar-refractivity contribution in [1.82, 2.24) is 9.97 Å². The highest BCUT2D eigenvalue weighted by Crippen LogP contribution is 2.02. The number of aryl methyl sites for hydroxylation is 1. The monoisotopic (exact) mass is 255 g/mol. The highest BCUT2D eigenvalue weighted by atomic mass is 16.5. The lowest BCUT2D eigenvalue weighted by Crippen LogP contribution is -2.09. The second kappa shape index (κ2) is 8.79. The van der Waals surface area contributed by atoms with Crippen molar-refractivity contribution in [2.45, 2.75) is 20.0 Å². The Morgan fingerprint density at radius 3 is 2.61 bits per heavy atom. The van der Waals surface area contributed by atoms with E-state index in [1.165, 1.54) is 0 Å². The molecule has 0 bridgehead atoms. The van der Waals surface area contributed by atoms with Crippen molar-refractivity contribution < 1.29 is 14.2 Å². The van der Waals surface area contributed by atoms with Crippen molar-refractivity contribution in [2.24, 2.45) is 0 Å². The molecule has 1 aromatic heterocycles. The minimum Gasteiger partial charge on any atom is -0.385 e. The summed E-state index contributed by atoms with van der Waals surface area (Å²) in [5, 5.41) is 0. The van der Waals surface area contributed by atoms with Crippen molar-refractivity contribution >= 4 is 5.82 Å². The van der Waals surface area contributed by atoms with E-state index in [-0.39, 0.29) is 0 Å². The molecule has 2 N–H and O–H groups in total. The minimum absolute atomic E-state index is 0.354. The summed E-state index contributed by atoms with van der Waals surface area (Å²) in [6, 6.07) is 1.72. The fourth-order valence-corrected chi connectivity index (χ4v) is 1.41. The summed E-state index contributed by atoms with van der Waals surface area (Å²) in [4.78, 5) is 8.30. The van der Waals surface area contributed by atoms with Crippen LogP contribution < -0.4 is 5.73 Å². The molecule has 6 heteroatoms. The molecule has 6 nitrogen and oxygen atoms in total. The quantitative estimate of drug-likeness (QED) is 0.661. The normalized spacial score (nSPS) is 10.8. The molecule has 0 aromatic carbocycles. The summed E-state index contributed by atoms with van der Waals surface area (Å²) in [6.07, 6.45) is 0.897. The van der Waals surface area contributed by atoms with Crippen LogP contribution in [0.4, 0.5) is 5.82 Å². The Bertz CT molecular complexity index is 327. The maximum Gasteiger partial charge on any atom is 0.156 e. The second-order valence-corrected chi connectivity index (χ2v) is 3.86. The summed E-state index contributed by atoms with van der Waals surface area (Å²) in [6.45, 7) is 4.71. The maximum atomic E-state index is 5.61. The van der Waals surface area contributed by atoms with Crippen LogP contribution in [0.3, 0.4) is 0 Å². The summed E-state index contributed by atoms with van der Waals surface area (Å²) in [5.74, 6) is 1.07. The first-order valence-electron chi connectivity index (χ1n) is 5.97. The summed E-state index contributed by atoms with van der Waals surface area (Å²) in [7, 11) is 1.68. The first-order valence-corrected chi connectivity index (χ1v) is 5.97. The molecule has 0 saturated heterocycles. The molecule has 1 aromatic rings. The Morgan fingerprint density at radius 1 is 1.11 bits per heavy atom.